The van der Waals surface area contributed by atoms with E-state index in [1.807, 2.05) is 54.6 Å². The predicted octanol–water partition coefficient (Wildman–Crippen LogP) is 2.55. The van der Waals surface area contributed by atoms with Gasteiger partial charge < -0.3 is 4.57 Å². The Morgan fingerprint density at radius 1 is 1.00 bits per heavy atom. The SMILES string of the molecule is N#Cc1ccc(Cn2c3ccccc3c3cc(C(=[NH2+])N=NN)ccc32)cc1. The highest BCUT2D eigenvalue weighted by Crippen LogP contribution is 2.30. The first kappa shape index (κ1) is 16.5. The molecule has 0 atom stereocenters. The van der Waals surface area contributed by atoms with E-state index in [2.05, 4.69) is 33.1 Å². The van der Waals surface area contributed by atoms with Crippen LogP contribution >= 0.6 is 0 Å². The molecule has 6 heteroatoms. The molecule has 0 bridgehead atoms. The number of fused-ring (bicyclic) bond motifs is 3. The van der Waals surface area contributed by atoms with Crippen molar-refractivity contribution in [1.29, 1.82) is 5.26 Å². The first-order valence-corrected chi connectivity index (χ1v) is 8.45. The highest BCUT2D eigenvalue weighted by Gasteiger charge is 2.15. The van der Waals surface area contributed by atoms with Gasteiger partial charge in [0.2, 0.25) is 0 Å². The fourth-order valence-corrected chi connectivity index (χ4v) is 3.37. The summed E-state index contributed by atoms with van der Waals surface area (Å²) in [7, 11) is 0. The molecule has 130 valence electrons. The number of benzene rings is 3. The molecule has 0 aliphatic carbocycles. The lowest BCUT2D eigenvalue weighted by Crippen LogP contribution is -2.38. The van der Waals surface area contributed by atoms with E-state index in [9.17, 15) is 0 Å². The monoisotopic (exact) mass is 353 g/mol. The number of hydrogen-bond donors (Lipinski definition) is 2. The third-order valence-corrected chi connectivity index (χ3v) is 4.66. The van der Waals surface area contributed by atoms with Gasteiger partial charge in [0.15, 0.2) is 0 Å². The van der Waals surface area contributed by atoms with Gasteiger partial charge in [-0.25, -0.2) is 0 Å². The van der Waals surface area contributed by atoms with E-state index < -0.39 is 0 Å². The molecular formula is C21H17N6+. The molecule has 0 unspecified atom stereocenters. The van der Waals surface area contributed by atoms with Gasteiger partial charge in [0.25, 0.3) is 0 Å². The minimum absolute atomic E-state index is 0.281. The first-order chi connectivity index (χ1) is 13.2. The Bertz CT molecular complexity index is 1230. The number of para-hydroxylation sites is 1. The van der Waals surface area contributed by atoms with E-state index in [-0.39, 0.29) is 5.84 Å². The molecule has 0 radical (unpaired) electrons. The summed E-state index contributed by atoms with van der Waals surface area (Å²) in [6.45, 7) is 0.705. The van der Waals surface area contributed by atoms with Crippen molar-refractivity contribution in [3.05, 3.63) is 83.4 Å². The van der Waals surface area contributed by atoms with Crippen LogP contribution < -0.4 is 11.3 Å². The molecule has 27 heavy (non-hydrogen) atoms. The van der Waals surface area contributed by atoms with Crippen LogP contribution in [-0.2, 0) is 6.54 Å². The van der Waals surface area contributed by atoms with Crippen LogP contribution in [0.3, 0.4) is 0 Å². The third kappa shape index (κ3) is 2.92. The normalized spacial score (nSPS) is 11.2. The number of rotatable bonds is 3. The Morgan fingerprint density at radius 3 is 2.48 bits per heavy atom. The maximum atomic E-state index is 8.99. The molecule has 0 amide bonds. The molecule has 0 spiro atoms. The lowest BCUT2D eigenvalue weighted by molar-refractivity contribution is -0.114. The van der Waals surface area contributed by atoms with Crippen LogP contribution in [0.1, 0.15) is 16.7 Å². The quantitative estimate of drug-likeness (QED) is 0.194. The molecule has 4 N–H and O–H groups in total. The minimum atomic E-state index is 0.281. The van der Waals surface area contributed by atoms with Crippen molar-refractivity contribution in [1.82, 2.24) is 4.57 Å². The topological polar surface area (TPSA) is 105 Å². The second kappa shape index (κ2) is 6.73. The Labute approximate surface area is 155 Å². The molecule has 0 aliphatic heterocycles. The van der Waals surface area contributed by atoms with E-state index in [0.717, 1.165) is 32.9 Å². The van der Waals surface area contributed by atoms with E-state index >= 15 is 0 Å². The van der Waals surface area contributed by atoms with E-state index in [0.29, 0.717) is 12.1 Å². The number of nitrogens with zero attached hydrogens (tertiary/aromatic N) is 4. The van der Waals surface area contributed by atoms with Crippen LogP contribution in [0.4, 0.5) is 0 Å². The Hall–Kier alpha value is -3.98. The summed E-state index contributed by atoms with van der Waals surface area (Å²) in [6.07, 6.45) is 0. The van der Waals surface area contributed by atoms with Gasteiger partial charge in [0.05, 0.1) is 22.3 Å². The number of aromatic nitrogens is 1. The largest absolute Gasteiger partial charge is 0.350 e. The standard InChI is InChI=1S/C21H16N6/c22-12-14-5-7-15(8-6-14)13-27-19-4-2-1-3-17(19)18-11-16(9-10-20(18)27)21(23)25-26-24/h1-11H,13H2,(H3,23,24,25)/p+1. The lowest BCUT2D eigenvalue weighted by atomic mass is 10.1. The zero-order valence-electron chi connectivity index (χ0n) is 14.5. The van der Waals surface area contributed by atoms with Crippen LogP contribution in [-0.4, -0.2) is 10.4 Å². The van der Waals surface area contributed by atoms with Gasteiger partial charge in [-0.15, -0.1) is 0 Å². The molecular weight excluding hydrogens is 336 g/mol. The van der Waals surface area contributed by atoms with Gasteiger partial charge in [-0.1, -0.05) is 30.3 Å². The zero-order chi connectivity index (χ0) is 18.8. The van der Waals surface area contributed by atoms with Crippen molar-refractivity contribution in [2.45, 2.75) is 6.54 Å². The summed E-state index contributed by atoms with van der Waals surface area (Å²) in [4.78, 5) is 0. The van der Waals surface area contributed by atoms with Crippen LogP contribution in [0.5, 0.6) is 0 Å². The van der Waals surface area contributed by atoms with Gasteiger partial charge in [0.1, 0.15) is 0 Å². The summed E-state index contributed by atoms with van der Waals surface area (Å²) in [6, 6.07) is 24.0. The molecule has 1 aromatic heterocycles. The molecule has 1 heterocycles. The lowest BCUT2D eigenvalue weighted by Gasteiger charge is -2.08. The van der Waals surface area contributed by atoms with Gasteiger partial charge in [-0.3, -0.25) is 11.3 Å². The van der Waals surface area contributed by atoms with Crippen molar-refractivity contribution in [2.75, 3.05) is 0 Å². The fourth-order valence-electron chi connectivity index (χ4n) is 3.37. The first-order valence-electron chi connectivity index (χ1n) is 8.45. The summed E-state index contributed by atoms with van der Waals surface area (Å²) in [5.74, 6) is 5.39. The van der Waals surface area contributed by atoms with Gasteiger partial charge in [-0.2, -0.15) is 5.26 Å². The van der Waals surface area contributed by atoms with E-state index in [1.165, 1.54) is 0 Å². The average molecular weight is 353 g/mol. The second-order valence-electron chi connectivity index (χ2n) is 6.24. The maximum absolute atomic E-state index is 8.99. The molecule has 4 aromatic rings. The molecule has 4 rings (SSSR count). The summed E-state index contributed by atoms with van der Waals surface area (Å²) in [5.41, 5.74) is 4.79. The van der Waals surface area contributed by atoms with Crippen LogP contribution in [0.2, 0.25) is 0 Å². The summed E-state index contributed by atoms with van der Waals surface area (Å²) < 4.78 is 2.26. The predicted molar refractivity (Wildman–Crippen MR) is 105 cm³/mol. The van der Waals surface area contributed by atoms with Crippen LogP contribution in [0.25, 0.3) is 21.8 Å². The van der Waals surface area contributed by atoms with Crippen molar-refractivity contribution in [3.8, 4) is 6.07 Å². The van der Waals surface area contributed by atoms with Crippen molar-refractivity contribution >= 4 is 27.6 Å². The Kier molecular flexibility index (Phi) is 4.11. The second-order valence-corrected chi connectivity index (χ2v) is 6.24. The minimum Gasteiger partial charge on any atom is -0.336 e. The average Bonchev–Trinajstić information content (AvgIpc) is 3.02. The zero-order valence-corrected chi connectivity index (χ0v) is 14.5. The molecule has 0 fully saturated rings. The number of hydrogen-bond acceptors (Lipinski definition) is 2. The van der Waals surface area contributed by atoms with E-state index in [1.54, 1.807) is 0 Å². The third-order valence-electron chi connectivity index (χ3n) is 4.66. The van der Waals surface area contributed by atoms with Crippen molar-refractivity contribution in [3.63, 3.8) is 0 Å². The Morgan fingerprint density at radius 2 is 1.74 bits per heavy atom. The van der Waals surface area contributed by atoms with Crippen molar-refractivity contribution in [2.24, 2.45) is 16.2 Å². The summed E-state index contributed by atoms with van der Waals surface area (Å²) >= 11 is 0. The van der Waals surface area contributed by atoms with Crippen molar-refractivity contribution < 1.29 is 5.41 Å². The molecule has 6 nitrogen and oxygen atoms in total. The van der Waals surface area contributed by atoms with E-state index in [4.69, 9.17) is 16.5 Å². The van der Waals surface area contributed by atoms with Crippen LogP contribution in [0, 0.1) is 11.3 Å². The highest BCUT2D eigenvalue weighted by atomic mass is 15.3. The molecule has 3 aromatic carbocycles. The number of amidine groups is 1. The highest BCUT2D eigenvalue weighted by molar-refractivity contribution is 6.10. The molecule has 0 aliphatic rings. The summed E-state index contributed by atoms with van der Waals surface area (Å²) in [5, 5.41) is 24.2. The molecule has 0 saturated heterocycles. The fraction of sp³-hybridized carbons (Fsp3) is 0.0476. The van der Waals surface area contributed by atoms with Crippen LogP contribution in [0.15, 0.2) is 77.1 Å². The molecule has 0 saturated carbocycles. The number of nitriles is 1. The maximum Gasteiger partial charge on any atom is 0.350 e. The smallest absolute Gasteiger partial charge is 0.336 e. The van der Waals surface area contributed by atoms with Gasteiger partial charge in [0, 0.05) is 33.6 Å². The Balaban J connectivity index is 1.88. The van der Waals surface area contributed by atoms with Gasteiger partial charge >= 0.3 is 5.84 Å². The van der Waals surface area contributed by atoms with Gasteiger partial charge in [-0.05, 0) is 42.0 Å². The number of nitrogens with two attached hydrogens (primary N) is 2.